The molecular weight excluding hydrogens is 358 g/mol. The molecule has 0 fully saturated rings. The molecule has 1 amide bonds. The smallest absolute Gasteiger partial charge is 0.251 e. The molecule has 0 unspecified atom stereocenters. The minimum atomic E-state index is -0.379. The van der Waals surface area contributed by atoms with E-state index in [0.717, 1.165) is 10.6 Å². The van der Waals surface area contributed by atoms with Crippen molar-refractivity contribution < 1.29 is 13.6 Å². The highest BCUT2D eigenvalue weighted by Crippen LogP contribution is 2.18. The summed E-state index contributed by atoms with van der Waals surface area (Å²) in [6.07, 6.45) is 0.584. The topological polar surface area (TPSA) is 66.9 Å². The van der Waals surface area contributed by atoms with Crippen molar-refractivity contribution in [2.45, 2.75) is 6.42 Å². The average Bonchev–Trinajstić information content (AvgIpc) is 3.08. The number of benzene rings is 2. The quantitative estimate of drug-likeness (QED) is 0.623. The lowest BCUT2D eigenvalue weighted by molar-refractivity contribution is 0.0955. The van der Waals surface area contributed by atoms with Crippen molar-refractivity contribution >= 4 is 22.4 Å². The van der Waals surface area contributed by atoms with Gasteiger partial charge in [-0.1, -0.05) is 23.5 Å². The lowest BCUT2D eigenvalue weighted by Crippen LogP contribution is -2.28. The second-order valence-electron chi connectivity index (χ2n) is 5.49. The summed E-state index contributed by atoms with van der Waals surface area (Å²) in [4.78, 5) is 11.9. The molecule has 0 aliphatic rings. The molecule has 0 spiro atoms. The summed E-state index contributed by atoms with van der Waals surface area (Å²) >= 11 is 1.41. The molecule has 3 aromatic rings. The Kier molecular flexibility index (Phi) is 5.85. The van der Waals surface area contributed by atoms with Crippen molar-refractivity contribution in [2.75, 3.05) is 18.4 Å². The number of anilines is 1. The van der Waals surface area contributed by atoms with Crippen LogP contribution >= 0.6 is 11.3 Å². The zero-order valence-corrected chi connectivity index (χ0v) is 14.5. The van der Waals surface area contributed by atoms with E-state index >= 15 is 0 Å². The van der Waals surface area contributed by atoms with Crippen LogP contribution in [0, 0.1) is 11.6 Å². The van der Waals surface area contributed by atoms with E-state index in [-0.39, 0.29) is 17.5 Å². The number of halogens is 2. The molecule has 134 valence electrons. The molecule has 8 heteroatoms. The van der Waals surface area contributed by atoms with Crippen LogP contribution in [0.4, 0.5) is 13.9 Å². The summed E-state index contributed by atoms with van der Waals surface area (Å²) in [5, 5.41) is 15.4. The average molecular weight is 374 g/mol. The molecule has 1 heterocycles. The fraction of sp³-hybridized carbons (Fsp3) is 0.167. The first-order valence-corrected chi connectivity index (χ1v) is 8.76. The number of carbonyl (C=O) groups is 1. The number of nitrogens with one attached hydrogen (secondary N) is 2. The number of carbonyl (C=O) groups excluding carboxylic acids is 1. The van der Waals surface area contributed by atoms with Crippen LogP contribution in [0.25, 0.3) is 0 Å². The largest absolute Gasteiger partial charge is 0.358 e. The van der Waals surface area contributed by atoms with Crippen molar-refractivity contribution in [3.63, 3.8) is 0 Å². The summed E-state index contributed by atoms with van der Waals surface area (Å²) in [7, 11) is 0. The molecule has 2 N–H and O–H groups in total. The Balaban J connectivity index is 1.42. The number of hydrogen-bond donors (Lipinski definition) is 2. The number of amides is 1. The van der Waals surface area contributed by atoms with Crippen molar-refractivity contribution in [3.8, 4) is 0 Å². The predicted octanol–water partition coefficient (Wildman–Crippen LogP) is 3.25. The first-order valence-electron chi connectivity index (χ1n) is 7.94. The Bertz CT molecular complexity index is 866. The van der Waals surface area contributed by atoms with E-state index in [1.165, 1.54) is 47.7 Å². The lowest BCUT2D eigenvalue weighted by Gasteiger charge is -2.05. The second-order valence-corrected chi connectivity index (χ2v) is 6.56. The van der Waals surface area contributed by atoms with Crippen LogP contribution in [0.15, 0.2) is 48.5 Å². The van der Waals surface area contributed by atoms with Crippen molar-refractivity contribution in [1.29, 1.82) is 0 Å². The van der Waals surface area contributed by atoms with E-state index in [1.807, 2.05) is 0 Å². The summed E-state index contributed by atoms with van der Waals surface area (Å²) in [5.41, 5.74) is 1.37. The Morgan fingerprint density at radius 3 is 2.27 bits per heavy atom. The van der Waals surface area contributed by atoms with Gasteiger partial charge in [-0.15, -0.1) is 10.2 Å². The maximum absolute atomic E-state index is 12.9. The van der Waals surface area contributed by atoms with Gasteiger partial charge in [0.2, 0.25) is 5.13 Å². The number of aromatic nitrogens is 2. The normalized spacial score (nSPS) is 10.5. The zero-order chi connectivity index (χ0) is 18.4. The molecule has 0 aliphatic carbocycles. The summed E-state index contributed by atoms with van der Waals surface area (Å²) in [6, 6.07) is 11.6. The molecule has 2 aromatic carbocycles. The number of nitrogens with zero attached hydrogens (tertiary/aromatic N) is 2. The Morgan fingerprint density at radius 1 is 0.923 bits per heavy atom. The zero-order valence-electron chi connectivity index (χ0n) is 13.7. The highest BCUT2D eigenvalue weighted by atomic mass is 32.1. The van der Waals surface area contributed by atoms with Crippen LogP contribution in [-0.4, -0.2) is 29.2 Å². The molecule has 0 radical (unpaired) electrons. The first-order chi connectivity index (χ1) is 12.6. The molecule has 0 bridgehead atoms. The van der Waals surface area contributed by atoms with Crippen molar-refractivity contribution in [1.82, 2.24) is 15.5 Å². The van der Waals surface area contributed by atoms with Crippen LogP contribution in [0.3, 0.4) is 0 Å². The minimum Gasteiger partial charge on any atom is -0.358 e. The second kappa shape index (κ2) is 8.48. The van der Waals surface area contributed by atoms with Gasteiger partial charge in [0.05, 0.1) is 0 Å². The molecular formula is C18H16F2N4OS. The van der Waals surface area contributed by atoms with Crippen molar-refractivity contribution in [2.24, 2.45) is 0 Å². The highest BCUT2D eigenvalue weighted by molar-refractivity contribution is 7.15. The molecule has 0 saturated heterocycles. The number of rotatable bonds is 7. The van der Waals surface area contributed by atoms with Gasteiger partial charge in [0.25, 0.3) is 5.91 Å². The van der Waals surface area contributed by atoms with Gasteiger partial charge in [-0.25, -0.2) is 8.78 Å². The van der Waals surface area contributed by atoms with Crippen LogP contribution in [-0.2, 0) is 6.42 Å². The van der Waals surface area contributed by atoms with E-state index in [2.05, 4.69) is 20.8 Å². The minimum absolute atomic E-state index is 0.263. The van der Waals surface area contributed by atoms with Crippen LogP contribution in [0.1, 0.15) is 20.9 Å². The third-order valence-electron chi connectivity index (χ3n) is 3.53. The predicted molar refractivity (Wildman–Crippen MR) is 96.3 cm³/mol. The van der Waals surface area contributed by atoms with Gasteiger partial charge in [0.1, 0.15) is 16.6 Å². The fourth-order valence-corrected chi connectivity index (χ4v) is 3.02. The van der Waals surface area contributed by atoms with Crippen LogP contribution < -0.4 is 10.6 Å². The van der Waals surface area contributed by atoms with Gasteiger partial charge in [-0.05, 0) is 42.0 Å². The monoisotopic (exact) mass is 374 g/mol. The molecule has 0 atom stereocenters. The van der Waals surface area contributed by atoms with Gasteiger partial charge in [-0.2, -0.15) is 0 Å². The molecule has 0 aliphatic heterocycles. The molecule has 5 nitrogen and oxygen atoms in total. The van der Waals surface area contributed by atoms with Gasteiger partial charge >= 0.3 is 0 Å². The summed E-state index contributed by atoms with van der Waals surface area (Å²) in [5.74, 6) is -0.909. The molecule has 1 aromatic heterocycles. The van der Waals surface area contributed by atoms with Crippen LogP contribution in [0.2, 0.25) is 0 Å². The lowest BCUT2D eigenvalue weighted by atomic mass is 10.2. The standard InChI is InChI=1S/C18H16F2N4OS/c19-14-5-1-12(2-6-14)11-16-23-24-18(26-16)22-10-9-21-17(25)13-3-7-15(20)8-4-13/h1-8H,9-11H2,(H,21,25)(H,22,24). The van der Waals surface area contributed by atoms with Crippen LogP contribution in [0.5, 0.6) is 0 Å². The van der Waals surface area contributed by atoms with Gasteiger partial charge in [0, 0.05) is 25.1 Å². The third-order valence-corrected chi connectivity index (χ3v) is 4.41. The van der Waals surface area contributed by atoms with Crippen molar-refractivity contribution in [3.05, 3.63) is 76.3 Å². The van der Waals surface area contributed by atoms with E-state index in [9.17, 15) is 13.6 Å². The third kappa shape index (κ3) is 5.06. The first kappa shape index (κ1) is 17.9. The summed E-state index contributed by atoms with van der Waals surface area (Å²) < 4.78 is 25.7. The van der Waals surface area contributed by atoms with E-state index in [4.69, 9.17) is 0 Å². The fourth-order valence-electron chi connectivity index (χ4n) is 2.22. The molecule has 3 rings (SSSR count). The van der Waals surface area contributed by atoms with E-state index in [1.54, 1.807) is 12.1 Å². The van der Waals surface area contributed by atoms with E-state index in [0.29, 0.717) is 30.2 Å². The Hall–Kier alpha value is -2.87. The maximum Gasteiger partial charge on any atom is 0.251 e. The van der Waals surface area contributed by atoms with Gasteiger partial charge < -0.3 is 10.6 Å². The van der Waals surface area contributed by atoms with Gasteiger partial charge in [-0.3, -0.25) is 4.79 Å². The highest BCUT2D eigenvalue weighted by Gasteiger charge is 2.07. The number of hydrogen-bond acceptors (Lipinski definition) is 5. The molecule has 26 heavy (non-hydrogen) atoms. The SMILES string of the molecule is O=C(NCCNc1nnc(Cc2ccc(F)cc2)s1)c1ccc(F)cc1. The Labute approximate surface area is 153 Å². The van der Waals surface area contributed by atoms with E-state index < -0.39 is 0 Å². The Morgan fingerprint density at radius 2 is 1.58 bits per heavy atom. The van der Waals surface area contributed by atoms with Gasteiger partial charge in [0.15, 0.2) is 0 Å². The molecule has 0 saturated carbocycles. The maximum atomic E-state index is 12.9. The summed E-state index contributed by atoms with van der Waals surface area (Å²) in [6.45, 7) is 0.876.